The molecule has 0 aliphatic carbocycles. The minimum atomic E-state index is 0.640. The molecule has 0 aliphatic rings. The first-order valence-electron chi connectivity index (χ1n) is 7.81. The first-order valence-corrected chi connectivity index (χ1v) is 8.69. The number of aryl methyl sites for hydroxylation is 1. The van der Waals surface area contributed by atoms with Crippen LogP contribution in [0, 0.1) is 6.92 Å². The van der Waals surface area contributed by atoms with E-state index in [1.165, 1.54) is 16.9 Å². The standard InChI is InChI=1S/C16H29NO3S/c1-3-4-7-18-9-11-20-12-10-19-8-6-17-14-16-15(2)5-13-21-16/h5,13,17H,3-4,6-12,14H2,1-2H3. The molecule has 1 aromatic rings. The van der Waals surface area contributed by atoms with Crippen LogP contribution in [0.25, 0.3) is 0 Å². The van der Waals surface area contributed by atoms with Gasteiger partial charge in [-0.2, -0.15) is 0 Å². The third kappa shape index (κ3) is 9.98. The van der Waals surface area contributed by atoms with E-state index in [4.69, 9.17) is 14.2 Å². The summed E-state index contributed by atoms with van der Waals surface area (Å²) in [5.74, 6) is 0. The van der Waals surface area contributed by atoms with Gasteiger partial charge in [0.25, 0.3) is 0 Å². The molecule has 0 amide bonds. The van der Waals surface area contributed by atoms with Crippen LogP contribution in [0.1, 0.15) is 30.2 Å². The third-order valence-corrected chi connectivity index (χ3v) is 4.09. The highest BCUT2D eigenvalue weighted by Gasteiger charge is 1.98. The summed E-state index contributed by atoms with van der Waals surface area (Å²) in [6.07, 6.45) is 2.30. The molecule has 1 heterocycles. The monoisotopic (exact) mass is 315 g/mol. The first-order chi connectivity index (χ1) is 10.3. The van der Waals surface area contributed by atoms with Crippen LogP contribution >= 0.6 is 11.3 Å². The summed E-state index contributed by atoms with van der Waals surface area (Å²) in [5.41, 5.74) is 1.36. The Hall–Kier alpha value is -0.460. The summed E-state index contributed by atoms with van der Waals surface area (Å²) < 4.78 is 16.3. The molecule has 0 saturated carbocycles. The van der Waals surface area contributed by atoms with Crippen LogP contribution in [0.15, 0.2) is 11.4 Å². The molecule has 4 nitrogen and oxygen atoms in total. The predicted molar refractivity (Wildman–Crippen MR) is 88.1 cm³/mol. The molecule has 0 bridgehead atoms. The Morgan fingerprint density at radius 3 is 2.29 bits per heavy atom. The number of ether oxygens (including phenoxy) is 3. The Balaban J connectivity index is 1.76. The number of rotatable bonds is 14. The average molecular weight is 315 g/mol. The van der Waals surface area contributed by atoms with Crippen LogP contribution in [-0.2, 0) is 20.8 Å². The lowest BCUT2D eigenvalue weighted by Crippen LogP contribution is -2.20. The Kier molecular flexibility index (Phi) is 11.7. The van der Waals surface area contributed by atoms with Crippen molar-refractivity contribution in [1.82, 2.24) is 5.32 Å². The number of hydrogen-bond acceptors (Lipinski definition) is 5. The zero-order valence-corrected chi connectivity index (χ0v) is 14.2. The highest BCUT2D eigenvalue weighted by Crippen LogP contribution is 2.14. The second-order valence-corrected chi connectivity index (χ2v) is 5.89. The molecular formula is C16H29NO3S. The van der Waals surface area contributed by atoms with Gasteiger partial charge >= 0.3 is 0 Å². The summed E-state index contributed by atoms with van der Waals surface area (Å²) in [6.45, 7) is 10.3. The van der Waals surface area contributed by atoms with Gasteiger partial charge in [0.2, 0.25) is 0 Å². The number of hydrogen-bond donors (Lipinski definition) is 1. The van der Waals surface area contributed by atoms with Crippen LogP contribution in [0.5, 0.6) is 0 Å². The molecule has 1 aromatic heterocycles. The van der Waals surface area contributed by atoms with E-state index in [0.29, 0.717) is 26.4 Å². The molecule has 0 aromatic carbocycles. The Labute approximate surface area is 132 Å². The molecule has 0 fully saturated rings. The molecule has 122 valence electrons. The van der Waals surface area contributed by atoms with Crippen LogP contribution in [0.4, 0.5) is 0 Å². The first kappa shape index (κ1) is 18.6. The Bertz CT molecular complexity index is 344. The normalized spacial score (nSPS) is 11.1. The largest absolute Gasteiger partial charge is 0.379 e. The topological polar surface area (TPSA) is 39.7 Å². The summed E-state index contributed by atoms with van der Waals surface area (Å²) in [5, 5.41) is 5.52. The second kappa shape index (κ2) is 13.2. The van der Waals surface area contributed by atoms with Crippen LogP contribution < -0.4 is 5.32 Å². The van der Waals surface area contributed by atoms with E-state index < -0.39 is 0 Å². The minimum absolute atomic E-state index is 0.640. The number of nitrogens with one attached hydrogen (secondary N) is 1. The van der Waals surface area contributed by atoms with Crippen molar-refractivity contribution in [2.75, 3.05) is 46.2 Å². The molecule has 1 rings (SSSR count). The van der Waals surface area contributed by atoms with Crippen molar-refractivity contribution >= 4 is 11.3 Å². The average Bonchev–Trinajstić information content (AvgIpc) is 2.89. The SMILES string of the molecule is CCCCOCCOCCOCCNCc1sccc1C. The zero-order chi connectivity index (χ0) is 15.2. The van der Waals surface area contributed by atoms with E-state index in [2.05, 4.69) is 30.6 Å². The maximum Gasteiger partial charge on any atom is 0.0701 e. The molecule has 0 saturated heterocycles. The van der Waals surface area contributed by atoms with Crippen molar-refractivity contribution in [1.29, 1.82) is 0 Å². The van der Waals surface area contributed by atoms with Gasteiger partial charge in [0.05, 0.1) is 33.0 Å². The molecule has 21 heavy (non-hydrogen) atoms. The zero-order valence-electron chi connectivity index (χ0n) is 13.4. The summed E-state index contributed by atoms with van der Waals surface area (Å²) >= 11 is 1.80. The van der Waals surface area contributed by atoms with Crippen molar-refractivity contribution in [3.63, 3.8) is 0 Å². The summed E-state index contributed by atoms with van der Waals surface area (Å²) in [4.78, 5) is 1.40. The molecule has 5 heteroatoms. The second-order valence-electron chi connectivity index (χ2n) is 4.89. The third-order valence-electron chi connectivity index (χ3n) is 3.06. The molecule has 0 radical (unpaired) electrons. The van der Waals surface area contributed by atoms with Crippen molar-refractivity contribution in [3.8, 4) is 0 Å². The maximum absolute atomic E-state index is 5.50. The van der Waals surface area contributed by atoms with Crippen molar-refractivity contribution < 1.29 is 14.2 Å². The van der Waals surface area contributed by atoms with Crippen LogP contribution in [0.3, 0.4) is 0 Å². The van der Waals surface area contributed by atoms with Crippen LogP contribution in [0.2, 0.25) is 0 Å². The molecule has 0 aliphatic heterocycles. The van der Waals surface area contributed by atoms with Gasteiger partial charge in [0.1, 0.15) is 0 Å². The van der Waals surface area contributed by atoms with Gasteiger partial charge in [-0.25, -0.2) is 0 Å². The highest BCUT2D eigenvalue weighted by molar-refractivity contribution is 7.10. The summed E-state index contributed by atoms with van der Waals surface area (Å²) in [7, 11) is 0. The number of thiophene rings is 1. The lowest BCUT2D eigenvalue weighted by atomic mass is 10.3. The van der Waals surface area contributed by atoms with Crippen LogP contribution in [-0.4, -0.2) is 46.2 Å². The Morgan fingerprint density at radius 2 is 1.67 bits per heavy atom. The van der Waals surface area contributed by atoms with E-state index in [1.807, 2.05) is 0 Å². The van der Waals surface area contributed by atoms with E-state index in [1.54, 1.807) is 11.3 Å². The fraction of sp³-hybridized carbons (Fsp3) is 0.750. The molecular weight excluding hydrogens is 286 g/mol. The molecule has 0 atom stereocenters. The molecule has 0 unspecified atom stereocenters. The minimum Gasteiger partial charge on any atom is -0.379 e. The molecule has 1 N–H and O–H groups in total. The van der Waals surface area contributed by atoms with Gasteiger partial charge in [-0.3, -0.25) is 0 Å². The lowest BCUT2D eigenvalue weighted by Gasteiger charge is -2.07. The van der Waals surface area contributed by atoms with Gasteiger partial charge in [0.15, 0.2) is 0 Å². The molecule has 0 spiro atoms. The van der Waals surface area contributed by atoms with E-state index >= 15 is 0 Å². The van der Waals surface area contributed by atoms with Gasteiger partial charge in [0, 0.05) is 24.6 Å². The van der Waals surface area contributed by atoms with Gasteiger partial charge in [-0.15, -0.1) is 11.3 Å². The smallest absolute Gasteiger partial charge is 0.0701 e. The van der Waals surface area contributed by atoms with Gasteiger partial charge < -0.3 is 19.5 Å². The van der Waals surface area contributed by atoms with Crippen molar-refractivity contribution in [3.05, 3.63) is 21.9 Å². The van der Waals surface area contributed by atoms with Crippen molar-refractivity contribution in [2.24, 2.45) is 0 Å². The van der Waals surface area contributed by atoms with E-state index in [0.717, 1.165) is 32.7 Å². The van der Waals surface area contributed by atoms with Crippen molar-refractivity contribution in [2.45, 2.75) is 33.2 Å². The highest BCUT2D eigenvalue weighted by atomic mass is 32.1. The quantitative estimate of drug-likeness (QED) is 0.536. The fourth-order valence-corrected chi connectivity index (χ4v) is 2.60. The van der Waals surface area contributed by atoms with Gasteiger partial charge in [-0.1, -0.05) is 13.3 Å². The Morgan fingerprint density at radius 1 is 1.00 bits per heavy atom. The van der Waals surface area contributed by atoms with E-state index in [-0.39, 0.29) is 0 Å². The number of unbranched alkanes of at least 4 members (excludes halogenated alkanes) is 1. The summed E-state index contributed by atoms with van der Waals surface area (Å²) in [6, 6.07) is 2.15. The predicted octanol–water partition coefficient (Wildman–Crippen LogP) is 3.00. The lowest BCUT2D eigenvalue weighted by molar-refractivity contribution is 0.0146. The maximum atomic E-state index is 5.50. The van der Waals surface area contributed by atoms with Gasteiger partial charge in [-0.05, 0) is 30.4 Å². The van der Waals surface area contributed by atoms with E-state index in [9.17, 15) is 0 Å². The fourth-order valence-electron chi connectivity index (χ4n) is 1.72.